The first-order valence-electron chi connectivity index (χ1n) is 9.60. The summed E-state index contributed by atoms with van der Waals surface area (Å²) < 4.78 is 0. The molecule has 0 aromatic heterocycles. The van der Waals surface area contributed by atoms with Gasteiger partial charge in [0, 0.05) is 25.0 Å². The molecule has 2 fully saturated rings. The molecular formula is C18H32N4O3. The molecule has 1 heterocycles. The second-order valence-electron chi connectivity index (χ2n) is 7.39. The van der Waals surface area contributed by atoms with Gasteiger partial charge in [-0.1, -0.05) is 26.7 Å². The summed E-state index contributed by atoms with van der Waals surface area (Å²) in [6, 6.07) is -0.146. The Morgan fingerprint density at radius 2 is 1.76 bits per heavy atom. The predicted octanol–water partition coefficient (Wildman–Crippen LogP) is 1.38. The second kappa shape index (κ2) is 9.75. The van der Waals surface area contributed by atoms with E-state index in [1.54, 1.807) is 0 Å². The number of piperidine rings is 1. The Kier molecular flexibility index (Phi) is 7.68. The van der Waals surface area contributed by atoms with Crippen LogP contribution < -0.4 is 16.0 Å². The van der Waals surface area contributed by atoms with Crippen molar-refractivity contribution in [2.24, 2.45) is 5.92 Å². The molecule has 0 radical (unpaired) electrons. The van der Waals surface area contributed by atoms with Crippen molar-refractivity contribution in [2.45, 2.75) is 70.9 Å². The molecule has 1 aliphatic heterocycles. The van der Waals surface area contributed by atoms with E-state index in [9.17, 15) is 14.4 Å². The van der Waals surface area contributed by atoms with Crippen molar-refractivity contribution >= 4 is 17.8 Å². The lowest BCUT2D eigenvalue weighted by Crippen LogP contribution is -2.52. The van der Waals surface area contributed by atoms with Crippen LogP contribution in [0.2, 0.25) is 0 Å². The molecule has 1 aliphatic carbocycles. The third-order valence-corrected chi connectivity index (χ3v) is 5.24. The molecule has 7 nitrogen and oxygen atoms in total. The van der Waals surface area contributed by atoms with E-state index in [4.69, 9.17) is 0 Å². The van der Waals surface area contributed by atoms with E-state index in [-0.39, 0.29) is 30.4 Å². The van der Waals surface area contributed by atoms with Gasteiger partial charge in [0.15, 0.2) is 0 Å². The standard InChI is InChI=1S/C18H32N4O3/c1-3-16(23)19-14-8-6-10-22(11-14)12-17(24)21-18(25)20-15-9-5-4-7-13(15)2/h13-15H,3-12H2,1-2H3,(H,19,23)(H2,20,21,24,25). The summed E-state index contributed by atoms with van der Waals surface area (Å²) in [7, 11) is 0. The highest BCUT2D eigenvalue weighted by molar-refractivity contribution is 5.95. The van der Waals surface area contributed by atoms with E-state index in [1.165, 1.54) is 6.42 Å². The molecular weight excluding hydrogens is 320 g/mol. The fourth-order valence-corrected chi connectivity index (χ4v) is 3.75. The van der Waals surface area contributed by atoms with Crippen molar-refractivity contribution in [3.8, 4) is 0 Å². The number of hydrogen-bond acceptors (Lipinski definition) is 4. The van der Waals surface area contributed by atoms with Crippen LogP contribution in [0.5, 0.6) is 0 Å². The van der Waals surface area contributed by atoms with Gasteiger partial charge in [0.1, 0.15) is 0 Å². The molecule has 3 unspecified atom stereocenters. The van der Waals surface area contributed by atoms with Crippen LogP contribution in [0.4, 0.5) is 4.79 Å². The van der Waals surface area contributed by atoms with Crippen LogP contribution in [0.25, 0.3) is 0 Å². The van der Waals surface area contributed by atoms with Crippen molar-refractivity contribution in [3.63, 3.8) is 0 Å². The van der Waals surface area contributed by atoms with Gasteiger partial charge in [-0.15, -0.1) is 0 Å². The van der Waals surface area contributed by atoms with Crippen molar-refractivity contribution < 1.29 is 14.4 Å². The van der Waals surface area contributed by atoms with Crippen molar-refractivity contribution in [1.82, 2.24) is 20.9 Å². The first-order valence-corrected chi connectivity index (χ1v) is 9.60. The molecule has 1 saturated heterocycles. The topological polar surface area (TPSA) is 90.5 Å². The summed E-state index contributed by atoms with van der Waals surface area (Å²) >= 11 is 0. The van der Waals surface area contributed by atoms with Crippen molar-refractivity contribution in [3.05, 3.63) is 0 Å². The van der Waals surface area contributed by atoms with Crippen molar-refractivity contribution in [2.75, 3.05) is 19.6 Å². The molecule has 1 saturated carbocycles. The number of rotatable bonds is 5. The highest BCUT2D eigenvalue weighted by Gasteiger charge is 2.25. The maximum absolute atomic E-state index is 12.1. The highest BCUT2D eigenvalue weighted by atomic mass is 16.2. The molecule has 2 aliphatic rings. The predicted molar refractivity (Wildman–Crippen MR) is 96.0 cm³/mol. The largest absolute Gasteiger partial charge is 0.352 e. The van der Waals surface area contributed by atoms with Crippen LogP contribution in [-0.4, -0.2) is 54.5 Å². The van der Waals surface area contributed by atoms with Crippen LogP contribution >= 0.6 is 0 Å². The zero-order valence-corrected chi connectivity index (χ0v) is 15.5. The maximum atomic E-state index is 12.1. The minimum Gasteiger partial charge on any atom is -0.352 e. The SMILES string of the molecule is CCC(=O)NC1CCCN(CC(=O)NC(=O)NC2CCCCC2C)C1. The fourth-order valence-electron chi connectivity index (χ4n) is 3.75. The molecule has 3 N–H and O–H groups in total. The van der Waals surface area contributed by atoms with Gasteiger partial charge >= 0.3 is 6.03 Å². The minimum absolute atomic E-state index is 0.0391. The number of likely N-dealkylation sites (tertiary alicyclic amines) is 1. The summed E-state index contributed by atoms with van der Waals surface area (Å²) in [6.07, 6.45) is 6.78. The summed E-state index contributed by atoms with van der Waals surface area (Å²) in [6.45, 7) is 5.62. The number of carbonyl (C=O) groups excluding carboxylic acids is 3. The number of amides is 4. The Morgan fingerprint density at radius 1 is 1.00 bits per heavy atom. The van der Waals surface area contributed by atoms with E-state index in [2.05, 4.69) is 22.9 Å². The van der Waals surface area contributed by atoms with Gasteiger partial charge in [-0.3, -0.25) is 19.8 Å². The van der Waals surface area contributed by atoms with E-state index in [0.717, 1.165) is 38.6 Å². The molecule has 142 valence electrons. The summed E-state index contributed by atoms with van der Waals surface area (Å²) in [5.41, 5.74) is 0. The lowest BCUT2D eigenvalue weighted by molar-refractivity contribution is -0.122. The third kappa shape index (κ3) is 6.65. The Morgan fingerprint density at radius 3 is 2.48 bits per heavy atom. The van der Waals surface area contributed by atoms with Gasteiger partial charge < -0.3 is 10.6 Å². The molecule has 0 aromatic carbocycles. The van der Waals surface area contributed by atoms with Crippen LogP contribution in [0.1, 0.15) is 58.8 Å². The number of hydrogen-bond donors (Lipinski definition) is 3. The molecule has 0 spiro atoms. The average Bonchev–Trinajstić information content (AvgIpc) is 2.57. The highest BCUT2D eigenvalue weighted by Crippen LogP contribution is 2.23. The van der Waals surface area contributed by atoms with Gasteiger partial charge in [0.25, 0.3) is 0 Å². The lowest BCUT2D eigenvalue weighted by Gasteiger charge is -2.32. The Balaban J connectivity index is 1.71. The van der Waals surface area contributed by atoms with Gasteiger partial charge in [-0.25, -0.2) is 4.79 Å². The average molecular weight is 352 g/mol. The van der Waals surface area contributed by atoms with Crippen molar-refractivity contribution in [1.29, 1.82) is 0 Å². The van der Waals surface area contributed by atoms with E-state index >= 15 is 0 Å². The molecule has 4 amide bonds. The molecule has 25 heavy (non-hydrogen) atoms. The zero-order valence-electron chi connectivity index (χ0n) is 15.5. The quantitative estimate of drug-likeness (QED) is 0.697. The Labute approximate surface area is 150 Å². The number of nitrogens with one attached hydrogen (secondary N) is 3. The van der Waals surface area contributed by atoms with Crippen LogP contribution in [0.15, 0.2) is 0 Å². The number of carbonyl (C=O) groups is 3. The number of imide groups is 1. The molecule has 7 heteroatoms. The summed E-state index contributed by atoms with van der Waals surface area (Å²) in [5, 5.41) is 8.36. The molecule has 0 aromatic rings. The Bertz CT molecular complexity index is 483. The van der Waals surface area contributed by atoms with Gasteiger partial charge in [0.2, 0.25) is 11.8 Å². The Hall–Kier alpha value is -1.63. The fraction of sp³-hybridized carbons (Fsp3) is 0.833. The van der Waals surface area contributed by atoms with Gasteiger partial charge in [-0.2, -0.15) is 0 Å². The van der Waals surface area contributed by atoms with Gasteiger partial charge in [0.05, 0.1) is 6.54 Å². The zero-order chi connectivity index (χ0) is 18.2. The molecule has 3 atom stereocenters. The van der Waals surface area contributed by atoms with E-state index < -0.39 is 6.03 Å². The van der Waals surface area contributed by atoms with E-state index in [0.29, 0.717) is 18.9 Å². The van der Waals surface area contributed by atoms with Crippen LogP contribution in [0, 0.1) is 5.92 Å². The van der Waals surface area contributed by atoms with Crippen LogP contribution in [-0.2, 0) is 9.59 Å². The number of urea groups is 1. The lowest BCUT2D eigenvalue weighted by atomic mass is 9.86. The second-order valence-corrected chi connectivity index (χ2v) is 7.39. The third-order valence-electron chi connectivity index (χ3n) is 5.24. The van der Waals surface area contributed by atoms with Crippen LogP contribution in [0.3, 0.4) is 0 Å². The summed E-state index contributed by atoms with van der Waals surface area (Å²) in [5.74, 6) is 0.209. The summed E-state index contributed by atoms with van der Waals surface area (Å²) in [4.78, 5) is 37.7. The number of nitrogens with zero attached hydrogens (tertiary/aromatic N) is 1. The first kappa shape index (κ1) is 19.7. The van der Waals surface area contributed by atoms with Gasteiger partial charge in [-0.05, 0) is 38.1 Å². The maximum Gasteiger partial charge on any atom is 0.321 e. The smallest absolute Gasteiger partial charge is 0.321 e. The minimum atomic E-state index is -0.392. The first-order chi connectivity index (χ1) is 12.0. The van der Waals surface area contributed by atoms with E-state index in [1.807, 2.05) is 11.8 Å². The monoisotopic (exact) mass is 352 g/mol. The molecule has 2 rings (SSSR count). The molecule has 0 bridgehead atoms. The normalized spacial score (nSPS) is 27.4.